The lowest BCUT2D eigenvalue weighted by Gasteiger charge is -2.24. The van der Waals surface area contributed by atoms with E-state index < -0.39 is 0 Å². The van der Waals surface area contributed by atoms with E-state index in [9.17, 15) is 9.59 Å². The van der Waals surface area contributed by atoms with Crippen LogP contribution in [0.5, 0.6) is 0 Å². The highest BCUT2D eigenvalue weighted by molar-refractivity contribution is 7.08. The Morgan fingerprint density at radius 2 is 2.07 bits per heavy atom. The Balaban J connectivity index is 1.46. The minimum Gasteiger partial charge on any atom is -0.336 e. The molecule has 3 aromatic rings. The van der Waals surface area contributed by atoms with E-state index in [2.05, 4.69) is 10.1 Å². The summed E-state index contributed by atoms with van der Waals surface area (Å²) in [7, 11) is 1.80. The second-order valence-corrected chi connectivity index (χ2v) is 8.19. The fourth-order valence-electron chi connectivity index (χ4n) is 4.27. The summed E-state index contributed by atoms with van der Waals surface area (Å²) in [5, 5.41) is 8.02. The van der Waals surface area contributed by atoms with Crippen LogP contribution in [0.3, 0.4) is 0 Å². The number of hydrogen-bond donors (Lipinski definition) is 0. The van der Waals surface area contributed by atoms with E-state index in [1.807, 2.05) is 38.8 Å². The number of amides is 2. The number of aromatic nitrogens is 3. The second-order valence-electron chi connectivity index (χ2n) is 7.41. The normalized spacial score (nSPS) is 20.8. The number of carbonyl (C=O) groups excluding carboxylic acids is 2. The first-order chi connectivity index (χ1) is 13.6. The Bertz CT molecular complexity index is 1060. The predicted octanol–water partition coefficient (Wildman–Crippen LogP) is 2.32. The van der Waals surface area contributed by atoms with Crippen LogP contribution in [0.15, 0.2) is 47.4 Å². The van der Waals surface area contributed by atoms with Gasteiger partial charge in [0.05, 0.1) is 22.4 Å². The molecule has 1 saturated heterocycles. The van der Waals surface area contributed by atoms with Gasteiger partial charge in [0.25, 0.3) is 11.8 Å². The standard InChI is InChI=1S/C20H19N5O2S/c1-23-8-4-15(22-23)19(27)24-9-6-20(12-24)13-25(16-3-2-7-21-17(16)20)18(26)14-5-10-28-11-14/h2-5,7-8,10-11H,6,9,12-13H2,1H3/t20-/m1/s1. The summed E-state index contributed by atoms with van der Waals surface area (Å²) >= 11 is 1.51. The van der Waals surface area contributed by atoms with Gasteiger partial charge in [-0.3, -0.25) is 19.3 Å². The first-order valence-electron chi connectivity index (χ1n) is 9.16. The molecule has 7 nitrogen and oxygen atoms in total. The molecule has 2 amide bonds. The van der Waals surface area contributed by atoms with Gasteiger partial charge in [-0.15, -0.1) is 0 Å². The van der Waals surface area contributed by atoms with Crippen molar-refractivity contribution in [2.75, 3.05) is 24.5 Å². The molecule has 5 heterocycles. The molecular weight excluding hydrogens is 374 g/mol. The molecule has 0 N–H and O–H groups in total. The van der Waals surface area contributed by atoms with Crippen LogP contribution in [0.1, 0.15) is 33.0 Å². The van der Waals surface area contributed by atoms with Crippen molar-refractivity contribution in [2.45, 2.75) is 11.8 Å². The van der Waals surface area contributed by atoms with E-state index in [4.69, 9.17) is 0 Å². The van der Waals surface area contributed by atoms with Crippen molar-refractivity contribution in [3.63, 3.8) is 0 Å². The largest absolute Gasteiger partial charge is 0.336 e. The van der Waals surface area contributed by atoms with Gasteiger partial charge in [0.1, 0.15) is 5.69 Å². The van der Waals surface area contributed by atoms with Crippen molar-refractivity contribution >= 4 is 28.8 Å². The molecule has 1 atom stereocenters. The molecular formula is C20H19N5O2S. The highest BCUT2D eigenvalue weighted by Crippen LogP contribution is 2.45. The zero-order valence-electron chi connectivity index (χ0n) is 15.4. The fourth-order valence-corrected chi connectivity index (χ4v) is 4.90. The third-order valence-corrected chi connectivity index (χ3v) is 6.31. The maximum absolute atomic E-state index is 13.1. The van der Waals surface area contributed by atoms with Crippen LogP contribution in [0.4, 0.5) is 5.69 Å². The monoisotopic (exact) mass is 393 g/mol. The molecule has 0 unspecified atom stereocenters. The van der Waals surface area contributed by atoms with Gasteiger partial charge in [-0.2, -0.15) is 16.4 Å². The van der Waals surface area contributed by atoms with E-state index in [1.54, 1.807) is 30.2 Å². The van der Waals surface area contributed by atoms with Crippen molar-refractivity contribution < 1.29 is 9.59 Å². The summed E-state index contributed by atoms with van der Waals surface area (Å²) in [6.45, 7) is 1.71. The molecule has 1 fully saturated rings. The lowest BCUT2D eigenvalue weighted by Crippen LogP contribution is -2.40. The van der Waals surface area contributed by atoms with Crippen LogP contribution in [0.2, 0.25) is 0 Å². The number of likely N-dealkylation sites (tertiary alicyclic amines) is 1. The molecule has 3 aromatic heterocycles. The van der Waals surface area contributed by atoms with Crippen molar-refractivity contribution in [2.24, 2.45) is 7.05 Å². The zero-order chi connectivity index (χ0) is 19.3. The van der Waals surface area contributed by atoms with Crippen molar-refractivity contribution in [1.82, 2.24) is 19.7 Å². The lowest BCUT2D eigenvalue weighted by atomic mass is 9.85. The topological polar surface area (TPSA) is 71.3 Å². The molecule has 0 saturated carbocycles. The van der Waals surface area contributed by atoms with Crippen molar-refractivity contribution in [1.29, 1.82) is 0 Å². The quantitative estimate of drug-likeness (QED) is 0.670. The average molecular weight is 393 g/mol. The number of fused-ring (bicyclic) bond motifs is 2. The molecule has 0 aliphatic carbocycles. The lowest BCUT2D eigenvalue weighted by molar-refractivity contribution is 0.0777. The first-order valence-corrected chi connectivity index (χ1v) is 10.1. The number of anilines is 1. The number of hydrogen-bond acceptors (Lipinski definition) is 5. The highest BCUT2D eigenvalue weighted by Gasteiger charge is 2.51. The maximum atomic E-state index is 13.1. The zero-order valence-corrected chi connectivity index (χ0v) is 16.2. The molecule has 8 heteroatoms. The Morgan fingerprint density at radius 3 is 2.82 bits per heavy atom. The van der Waals surface area contributed by atoms with Gasteiger partial charge in [-0.25, -0.2) is 0 Å². The summed E-state index contributed by atoms with van der Waals surface area (Å²) in [5.74, 6) is -0.0838. The number of carbonyl (C=O) groups is 2. The molecule has 28 heavy (non-hydrogen) atoms. The minimum absolute atomic E-state index is 0.0122. The van der Waals surface area contributed by atoms with Crippen LogP contribution in [-0.4, -0.2) is 51.1 Å². The summed E-state index contributed by atoms with van der Waals surface area (Å²) in [6, 6.07) is 7.39. The van der Waals surface area contributed by atoms with Crippen LogP contribution in [0, 0.1) is 0 Å². The van der Waals surface area contributed by atoms with Gasteiger partial charge in [-0.05, 0) is 36.1 Å². The molecule has 142 valence electrons. The van der Waals surface area contributed by atoms with Gasteiger partial charge in [-0.1, -0.05) is 0 Å². The maximum Gasteiger partial charge on any atom is 0.274 e. The Morgan fingerprint density at radius 1 is 1.18 bits per heavy atom. The number of thiophene rings is 1. The van der Waals surface area contributed by atoms with E-state index in [0.29, 0.717) is 30.9 Å². The molecule has 0 radical (unpaired) electrons. The van der Waals surface area contributed by atoms with Crippen LogP contribution in [-0.2, 0) is 12.5 Å². The first kappa shape index (κ1) is 17.1. The average Bonchev–Trinajstić information content (AvgIpc) is 3.49. The van der Waals surface area contributed by atoms with Gasteiger partial charge >= 0.3 is 0 Å². The molecule has 5 rings (SSSR count). The third-order valence-electron chi connectivity index (χ3n) is 5.63. The number of aryl methyl sites for hydroxylation is 1. The van der Waals surface area contributed by atoms with Crippen LogP contribution >= 0.6 is 11.3 Å². The summed E-state index contributed by atoms with van der Waals surface area (Å²) in [5.41, 5.74) is 2.58. The number of nitrogens with zero attached hydrogens (tertiary/aromatic N) is 5. The number of rotatable bonds is 2. The SMILES string of the molecule is Cn1ccc(C(=O)N2CC[C@@]3(C2)CN(C(=O)c2ccsc2)c2cccnc23)n1. The highest BCUT2D eigenvalue weighted by atomic mass is 32.1. The van der Waals surface area contributed by atoms with Gasteiger partial charge in [0.15, 0.2) is 0 Å². The molecule has 2 aliphatic heterocycles. The summed E-state index contributed by atoms with van der Waals surface area (Å²) in [6.07, 6.45) is 4.32. The van der Waals surface area contributed by atoms with Gasteiger partial charge in [0.2, 0.25) is 0 Å². The summed E-state index contributed by atoms with van der Waals surface area (Å²) in [4.78, 5) is 34.2. The Labute approximate surface area is 166 Å². The second kappa shape index (κ2) is 6.27. The number of pyridine rings is 1. The van der Waals surface area contributed by atoms with Crippen molar-refractivity contribution in [3.05, 3.63) is 64.4 Å². The Kier molecular flexibility index (Phi) is 3.83. The molecule has 0 aromatic carbocycles. The van der Waals surface area contributed by atoms with Crippen LogP contribution in [0.25, 0.3) is 0 Å². The third kappa shape index (κ3) is 2.56. The van der Waals surface area contributed by atoms with Gasteiger partial charge < -0.3 is 9.80 Å². The predicted molar refractivity (Wildman–Crippen MR) is 106 cm³/mol. The minimum atomic E-state index is -0.327. The van der Waals surface area contributed by atoms with Crippen molar-refractivity contribution in [3.8, 4) is 0 Å². The Hall–Kier alpha value is -3.00. The van der Waals surface area contributed by atoms with Crippen LogP contribution < -0.4 is 4.90 Å². The fraction of sp³-hybridized carbons (Fsp3) is 0.300. The van der Waals surface area contributed by atoms with Gasteiger partial charge in [0, 0.05) is 44.5 Å². The smallest absolute Gasteiger partial charge is 0.274 e. The molecule has 0 bridgehead atoms. The summed E-state index contributed by atoms with van der Waals surface area (Å²) < 4.78 is 1.63. The van der Waals surface area contributed by atoms with E-state index in [-0.39, 0.29) is 17.2 Å². The van der Waals surface area contributed by atoms with E-state index in [1.165, 1.54) is 11.3 Å². The van der Waals surface area contributed by atoms with E-state index >= 15 is 0 Å². The molecule has 1 spiro atoms. The van der Waals surface area contributed by atoms with E-state index in [0.717, 1.165) is 17.8 Å². The molecule has 2 aliphatic rings.